The fourth-order valence-corrected chi connectivity index (χ4v) is 2.02. The number of carboxylic acid groups (broad SMARTS) is 1. The zero-order valence-corrected chi connectivity index (χ0v) is 13.7. The van der Waals surface area contributed by atoms with Crippen molar-refractivity contribution < 1.29 is 19.5 Å². The second kappa shape index (κ2) is 8.51. The molecular weight excluding hydrogens is 314 g/mol. The standard InChI is InChI=1S/C14H19N5O2.CH2O2/c1-8-4-5-10-11(6-8)18-13(17-10)9(2)16-14(21)19(3)7-12(15)20;2-1-3/h4-6,9H,7H2,1-3H3,(H2,15,20)(H,16,21)(H,17,18);1H,(H,2,3). The summed E-state index contributed by atoms with van der Waals surface area (Å²) < 4.78 is 0. The third-order valence-corrected chi connectivity index (χ3v) is 3.15. The van der Waals surface area contributed by atoms with Gasteiger partial charge in [-0.05, 0) is 31.5 Å². The summed E-state index contributed by atoms with van der Waals surface area (Å²) in [4.78, 5) is 39.9. The Morgan fingerprint density at radius 1 is 1.50 bits per heavy atom. The molecule has 0 bridgehead atoms. The van der Waals surface area contributed by atoms with Crippen LogP contribution in [0.4, 0.5) is 4.79 Å². The first-order valence-corrected chi connectivity index (χ1v) is 7.12. The first-order chi connectivity index (χ1) is 11.3. The fourth-order valence-electron chi connectivity index (χ4n) is 2.02. The third-order valence-electron chi connectivity index (χ3n) is 3.15. The van der Waals surface area contributed by atoms with Gasteiger partial charge in [0.25, 0.3) is 6.47 Å². The molecule has 5 N–H and O–H groups in total. The highest BCUT2D eigenvalue weighted by Crippen LogP contribution is 2.17. The quantitative estimate of drug-likeness (QED) is 0.610. The number of hydrogen-bond donors (Lipinski definition) is 4. The molecule has 1 aromatic carbocycles. The van der Waals surface area contributed by atoms with Crippen LogP contribution >= 0.6 is 0 Å². The summed E-state index contributed by atoms with van der Waals surface area (Å²) in [6, 6.07) is 5.23. The Labute approximate surface area is 138 Å². The number of rotatable bonds is 4. The molecule has 0 aliphatic carbocycles. The number of primary amides is 1. The van der Waals surface area contributed by atoms with Gasteiger partial charge in [-0.2, -0.15) is 0 Å². The Balaban J connectivity index is 0.000000891. The molecule has 3 amide bonds. The minimum Gasteiger partial charge on any atom is -0.483 e. The van der Waals surface area contributed by atoms with Gasteiger partial charge in [-0.1, -0.05) is 6.07 Å². The van der Waals surface area contributed by atoms with Gasteiger partial charge in [0.05, 0.1) is 17.1 Å². The van der Waals surface area contributed by atoms with Crippen LogP contribution in [0, 0.1) is 6.92 Å². The molecule has 0 radical (unpaired) electrons. The SMILES string of the molecule is Cc1ccc2nc(C(C)NC(=O)N(C)CC(N)=O)[nH]c2c1.O=CO. The van der Waals surface area contributed by atoms with Gasteiger partial charge in [0.15, 0.2) is 0 Å². The largest absolute Gasteiger partial charge is 0.483 e. The topological polar surface area (TPSA) is 141 Å². The summed E-state index contributed by atoms with van der Waals surface area (Å²) >= 11 is 0. The van der Waals surface area contributed by atoms with E-state index in [0.717, 1.165) is 16.6 Å². The Hall–Kier alpha value is -3.10. The molecule has 130 valence electrons. The lowest BCUT2D eigenvalue weighted by atomic mass is 10.2. The van der Waals surface area contributed by atoms with Gasteiger partial charge in [-0.25, -0.2) is 9.78 Å². The van der Waals surface area contributed by atoms with Crippen molar-refractivity contribution in [3.05, 3.63) is 29.6 Å². The van der Waals surface area contributed by atoms with Crippen LogP contribution in [0.3, 0.4) is 0 Å². The molecule has 0 aliphatic rings. The van der Waals surface area contributed by atoms with E-state index >= 15 is 0 Å². The summed E-state index contributed by atoms with van der Waals surface area (Å²) in [5.74, 6) is 0.107. The molecule has 0 saturated heterocycles. The number of likely N-dealkylation sites (N-methyl/N-ethyl adjacent to an activating group) is 1. The van der Waals surface area contributed by atoms with E-state index in [1.807, 2.05) is 32.0 Å². The van der Waals surface area contributed by atoms with Crippen molar-refractivity contribution in [2.24, 2.45) is 5.73 Å². The smallest absolute Gasteiger partial charge is 0.318 e. The number of amides is 3. The zero-order valence-electron chi connectivity index (χ0n) is 13.7. The van der Waals surface area contributed by atoms with Crippen molar-refractivity contribution in [3.8, 4) is 0 Å². The minimum atomic E-state index is -0.556. The number of imidazole rings is 1. The van der Waals surface area contributed by atoms with E-state index in [2.05, 4.69) is 15.3 Å². The predicted octanol–water partition coefficient (Wildman–Crippen LogP) is 0.760. The van der Waals surface area contributed by atoms with E-state index in [1.165, 1.54) is 11.9 Å². The first-order valence-electron chi connectivity index (χ1n) is 7.12. The molecule has 1 aromatic heterocycles. The van der Waals surface area contributed by atoms with Crippen LogP contribution in [0.1, 0.15) is 24.4 Å². The summed E-state index contributed by atoms with van der Waals surface area (Å²) in [6.07, 6.45) is 0. The van der Waals surface area contributed by atoms with Crippen molar-refractivity contribution >= 4 is 29.4 Å². The molecule has 0 saturated carbocycles. The Morgan fingerprint density at radius 2 is 2.12 bits per heavy atom. The minimum absolute atomic E-state index is 0.127. The maximum absolute atomic E-state index is 11.9. The number of aromatic nitrogens is 2. The molecule has 0 fully saturated rings. The molecule has 1 heterocycles. The molecule has 1 atom stereocenters. The van der Waals surface area contributed by atoms with Crippen molar-refractivity contribution in [2.75, 3.05) is 13.6 Å². The fraction of sp³-hybridized carbons (Fsp3) is 0.333. The van der Waals surface area contributed by atoms with Crippen LogP contribution in [0.25, 0.3) is 11.0 Å². The highest BCUT2D eigenvalue weighted by molar-refractivity contribution is 5.83. The molecule has 24 heavy (non-hydrogen) atoms. The summed E-state index contributed by atoms with van der Waals surface area (Å²) in [6.45, 7) is 3.45. The van der Waals surface area contributed by atoms with Gasteiger partial charge in [-0.3, -0.25) is 9.59 Å². The molecular formula is C15H21N5O4. The summed E-state index contributed by atoms with van der Waals surface area (Å²) in [7, 11) is 1.51. The van der Waals surface area contributed by atoms with Gasteiger partial charge >= 0.3 is 6.03 Å². The van der Waals surface area contributed by atoms with Crippen molar-refractivity contribution in [1.29, 1.82) is 0 Å². The number of hydrogen-bond acceptors (Lipinski definition) is 4. The van der Waals surface area contributed by atoms with E-state index in [0.29, 0.717) is 5.82 Å². The summed E-state index contributed by atoms with van der Waals surface area (Å²) in [5.41, 5.74) is 7.97. The van der Waals surface area contributed by atoms with Crippen molar-refractivity contribution in [1.82, 2.24) is 20.2 Å². The van der Waals surface area contributed by atoms with E-state index in [9.17, 15) is 9.59 Å². The second-order valence-electron chi connectivity index (χ2n) is 5.24. The highest BCUT2D eigenvalue weighted by Gasteiger charge is 2.17. The number of H-pyrrole nitrogens is 1. The number of aryl methyl sites for hydroxylation is 1. The van der Waals surface area contributed by atoms with Gasteiger partial charge in [0.2, 0.25) is 5.91 Å². The molecule has 2 rings (SSSR count). The lowest BCUT2D eigenvalue weighted by Crippen LogP contribution is -2.42. The molecule has 0 spiro atoms. The maximum atomic E-state index is 11.9. The van der Waals surface area contributed by atoms with Gasteiger partial charge < -0.3 is 26.0 Å². The Morgan fingerprint density at radius 3 is 2.71 bits per heavy atom. The first kappa shape index (κ1) is 18.9. The number of nitrogens with one attached hydrogen (secondary N) is 2. The van der Waals surface area contributed by atoms with Crippen LogP contribution in [0.5, 0.6) is 0 Å². The summed E-state index contributed by atoms with van der Waals surface area (Å²) in [5, 5.41) is 9.65. The van der Waals surface area contributed by atoms with Crippen LogP contribution in [-0.4, -0.2) is 52.0 Å². The zero-order chi connectivity index (χ0) is 18.3. The van der Waals surface area contributed by atoms with E-state index in [4.69, 9.17) is 15.6 Å². The van der Waals surface area contributed by atoms with Crippen LogP contribution < -0.4 is 11.1 Å². The predicted molar refractivity (Wildman–Crippen MR) is 88.3 cm³/mol. The van der Waals surface area contributed by atoms with Crippen LogP contribution in [0.2, 0.25) is 0 Å². The van der Waals surface area contributed by atoms with Gasteiger partial charge in [0, 0.05) is 7.05 Å². The average Bonchev–Trinajstić information content (AvgIpc) is 2.90. The van der Waals surface area contributed by atoms with E-state index < -0.39 is 5.91 Å². The third kappa shape index (κ3) is 5.27. The number of carbonyl (C=O) groups is 3. The molecule has 9 nitrogen and oxygen atoms in total. The molecule has 0 aliphatic heterocycles. The lowest BCUT2D eigenvalue weighted by molar-refractivity contribution is -0.123. The number of urea groups is 1. The highest BCUT2D eigenvalue weighted by atomic mass is 16.3. The molecule has 2 aromatic rings. The normalized spacial score (nSPS) is 11.1. The molecule has 1 unspecified atom stereocenters. The van der Waals surface area contributed by atoms with Crippen LogP contribution in [0.15, 0.2) is 18.2 Å². The van der Waals surface area contributed by atoms with Gasteiger partial charge in [-0.15, -0.1) is 0 Å². The monoisotopic (exact) mass is 335 g/mol. The number of nitrogens with zero attached hydrogens (tertiary/aromatic N) is 2. The van der Waals surface area contributed by atoms with Gasteiger partial charge in [0.1, 0.15) is 12.4 Å². The van der Waals surface area contributed by atoms with Crippen molar-refractivity contribution in [2.45, 2.75) is 19.9 Å². The number of benzene rings is 1. The molecule has 9 heteroatoms. The second-order valence-corrected chi connectivity index (χ2v) is 5.24. The van der Waals surface area contributed by atoms with Crippen LogP contribution in [-0.2, 0) is 9.59 Å². The average molecular weight is 335 g/mol. The number of carbonyl (C=O) groups excluding carboxylic acids is 2. The maximum Gasteiger partial charge on any atom is 0.318 e. The van der Waals surface area contributed by atoms with E-state index in [-0.39, 0.29) is 25.1 Å². The Kier molecular flexibility index (Phi) is 6.72. The van der Waals surface area contributed by atoms with E-state index in [1.54, 1.807) is 0 Å². The lowest BCUT2D eigenvalue weighted by Gasteiger charge is -2.19. The number of aromatic amines is 1. The number of nitrogens with two attached hydrogens (primary N) is 1. The Bertz CT molecular complexity index is 728. The van der Waals surface area contributed by atoms with Crippen molar-refractivity contribution in [3.63, 3.8) is 0 Å². The number of fused-ring (bicyclic) bond motifs is 1.